The lowest BCUT2D eigenvalue weighted by atomic mass is 10.1. The number of rotatable bonds is 4. The maximum absolute atomic E-state index is 9.68. The monoisotopic (exact) mass is 312 g/mol. The van der Waals surface area contributed by atoms with E-state index in [0.29, 0.717) is 23.1 Å². The molecule has 0 aliphatic heterocycles. The zero-order valence-electron chi connectivity index (χ0n) is 10.1. The maximum Gasteiger partial charge on any atom is 0.253 e. The summed E-state index contributed by atoms with van der Waals surface area (Å²) in [5, 5.41) is 17.2. The van der Waals surface area contributed by atoms with Gasteiger partial charge in [0.1, 0.15) is 5.75 Å². The van der Waals surface area contributed by atoms with E-state index in [4.69, 9.17) is 9.15 Å². The number of aromatic nitrogens is 2. The molecule has 0 aliphatic carbocycles. The van der Waals surface area contributed by atoms with Crippen LogP contribution in [0.3, 0.4) is 0 Å². The van der Waals surface area contributed by atoms with Gasteiger partial charge in [-0.05, 0) is 25.1 Å². The molecule has 5 nitrogen and oxygen atoms in total. The third kappa shape index (κ3) is 3.08. The zero-order chi connectivity index (χ0) is 13.1. The Hall–Kier alpha value is -1.40. The molecular weight excluding hydrogens is 300 g/mol. The molecule has 0 saturated carbocycles. The second kappa shape index (κ2) is 5.49. The third-order valence-corrected chi connectivity index (χ3v) is 2.83. The number of aliphatic hydroxyl groups excluding tert-OH is 1. The highest BCUT2D eigenvalue weighted by Gasteiger charge is 2.11. The van der Waals surface area contributed by atoms with Crippen molar-refractivity contribution in [3.63, 3.8) is 0 Å². The predicted molar refractivity (Wildman–Crippen MR) is 68.1 cm³/mol. The first kappa shape index (κ1) is 13.0. The van der Waals surface area contributed by atoms with Crippen molar-refractivity contribution in [2.45, 2.75) is 26.6 Å². The number of ether oxygens (including phenoxy) is 1. The summed E-state index contributed by atoms with van der Waals surface area (Å²) in [5.41, 5.74) is 0.709. The standard InChI is InChI=1S/C12H13BrN2O3/c1-7(16)10-5-9(13)3-4-11(10)17-6-12-15-14-8(2)18-12/h3-5,7,16H,6H2,1-2H3. The Kier molecular flexibility index (Phi) is 3.98. The molecule has 1 unspecified atom stereocenters. The summed E-state index contributed by atoms with van der Waals surface area (Å²) in [5.74, 6) is 1.51. The quantitative estimate of drug-likeness (QED) is 0.940. The Labute approximate surface area is 113 Å². The normalized spacial score (nSPS) is 12.4. The minimum Gasteiger partial charge on any atom is -0.483 e. The fourth-order valence-corrected chi connectivity index (χ4v) is 1.89. The van der Waals surface area contributed by atoms with Gasteiger partial charge in [0.25, 0.3) is 5.89 Å². The van der Waals surface area contributed by atoms with Crippen molar-refractivity contribution >= 4 is 15.9 Å². The van der Waals surface area contributed by atoms with Gasteiger partial charge in [0.2, 0.25) is 5.89 Å². The summed E-state index contributed by atoms with van der Waals surface area (Å²) >= 11 is 3.36. The molecule has 6 heteroatoms. The minimum atomic E-state index is -0.609. The van der Waals surface area contributed by atoms with E-state index in [0.717, 1.165) is 4.47 Å². The molecule has 2 aromatic rings. The van der Waals surface area contributed by atoms with Gasteiger partial charge in [-0.3, -0.25) is 0 Å². The average molecular weight is 313 g/mol. The molecule has 18 heavy (non-hydrogen) atoms. The van der Waals surface area contributed by atoms with E-state index in [-0.39, 0.29) is 6.61 Å². The summed E-state index contributed by atoms with van der Waals surface area (Å²) in [6.45, 7) is 3.59. The molecule has 96 valence electrons. The van der Waals surface area contributed by atoms with Crippen LogP contribution >= 0.6 is 15.9 Å². The molecule has 1 aromatic carbocycles. The van der Waals surface area contributed by atoms with Crippen molar-refractivity contribution in [1.29, 1.82) is 0 Å². The van der Waals surface area contributed by atoms with Crippen LogP contribution in [0, 0.1) is 6.92 Å². The minimum absolute atomic E-state index is 0.183. The highest BCUT2D eigenvalue weighted by molar-refractivity contribution is 9.10. The number of nitrogens with zero attached hydrogens (tertiary/aromatic N) is 2. The molecular formula is C12H13BrN2O3. The Morgan fingerprint density at radius 3 is 2.83 bits per heavy atom. The highest BCUT2D eigenvalue weighted by Crippen LogP contribution is 2.28. The molecule has 0 saturated heterocycles. The van der Waals surface area contributed by atoms with Crippen LogP contribution in [0.25, 0.3) is 0 Å². The van der Waals surface area contributed by atoms with E-state index >= 15 is 0 Å². The van der Waals surface area contributed by atoms with E-state index in [9.17, 15) is 5.11 Å². The number of halogens is 1. The van der Waals surface area contributed by atoms with Crippen molar-refractivity contribution in [1.82, 2.24) is 10.2 Å². The van der Waals surface area contributed by atoms with Crippen molar-refractivity contribution in [3.05, 3.63) is 40.0 Å². The van der Waals surface area contributed by atoms with Crippen LogP contribution in [-0.2, 0) is 6.61 Å². The topological polar surface area (TPSA) is 68.4 Å². The van der Waals surface area contributed by atoms with E-state index in [1.54, 1.807) is 19.9 Å². The first-order chi connectivity index (χ1) is 8.56. The van der Waals surface area contributed by atoms with Crippen LogP contribution in [0.1, 0.15) is 30.4 Å². The van der Waals surface area contributed by atoms with Crippen LogP contribution in [0.5, 0.6) is 5.75 Å². The molecule has 0 spiro atoms. The lowest BCUT2D eigenvalue weighted by Crippen LogP contribution is -2.01. The van der Waals surface area contributed by atoms with Gasteiger partial charge >= 0.3 is 0 Å². The Balaban J connectivity index is 2.13. The van der Waals surface area contributed by atoms with E-state index in [2.05, 4.69) is 26.1 Å². The Morgan fingerprint density at radius 2 is 2.22 bits per heavy atom. The summed E-state index contributed by atoms with van der Waals surface area (Å²) in [7, 11) is 0. The number of benzene rings is 1. The van der Waals surface area contributed by atoms with Crippen molar-refractivity contribution < 1.29 is 14.3 Å². The molecule has 1 atom stereocenters. The molecule has 1 aromatic heterocycles. The Morgan fingerprint density at radius 1 is 1.44 bits per heavy atom. The summed E-state index contributed by atoms with van der Waals surface area (Å²) in [4.78, 5) is 0. The first-order valence-corrected chi connectivity index (χ1v) is 6.25. The largest absolute Gasteiger partial charge is 0.483 e. The lowest BCUT2D eigenvalue weighted by Gasteiger charge is -2.12. The fraction of sp³-hybridized carbons (Fsp3) is 0.333. The highest BCUT2D eigenvalue weighted by atomic mass is 79.9. The van der Waals surface area contributed by atoms with Gasteiger partial charge in [-0.25, -0.2) is 0 Å². The molecule has 0 amide bonds. The van der Waals surface area contributed by atoms with Gasteiger partial charge in [-0.1, -0.05) is 15.9 Å². The second-order valence-corrected chi connectivity index (χ2v) is 4.78. The van der Waals surface area contributed by atoms with Gasteiger partial charge in [0.05, 0.1) is 6.10 Å². The van der Waals surface area contributed by atoms with Crippen LogP contribution in [0.2, 0.25) is 0 Å². The van der Waals surface area contributed by atoms with Gasteiger partial charge in [-0.15, -0.1) is 10.2 Å². The number of aliphatic hydroxyl groups is 1. The zero-order valence-corrected chi connectivity index (χ0v) is 11.6. The van der Waals surface area contributed by atoms with E-state index in [1.807, 2.05) is 12.1 Å². The Bertz CT molecular complexity index is 540. The van der Waals surface area contributed by atoms with Crippen LogP contribution in [-0.4, -0.2) is 15.3 Å². The maximum atomic E-state index is 9.68. The summed E-state index contributed by atoms with van der Waals surface area (Å²) in [6, 6.07) is 5.45. The van der Waals surface area contributed by atoms with Gasteiger partial charge in [0, 0.05) is 17.0 Å². The van der Waals surface area contributed by atoms with Gasteiger partial charge < -0.3 is 14.3 Å². The van der Waals surface area contributed by atoms with Crippen molar-refractivity contribution in [2.75, 3.05) is 0 Å². The van der Waals surface area contributed by atoms with Crippen LogP contribution in [0.4, 0.5) is 0 Å². The third-order valence-electron chi connectivity index (χ3n) is 2.34. The van der Waals surface area contributed by atoms with E-state index in [1.165, 1.54) is 0 Å². The number of hydrogen-bond acceptors (Lipinski definition) is 5. The number of hydrogen-bond donors (Lipinski definition) is 1. The number of aryl methyl sites for hydroxylation is 1. The first-order valence-electron chi connectivity index (χ1n) is 5.45. The SMILES string of the molecule is Cc1nnc(COc2ccc(Br)cc2C(C)O)o1. The molecule has 0 fully saturated rings. The summed E-state index contributed by atoms with van der Waals surface area (Å²) in [6.07, 6.45) is -0.609. The molecule has 1 N–H and O–H groups in total. The predicted octanol–water partition coefficient (Wildman–Crippen LogP) is 2.77. The molecule has 2 rings (SSSR count). The molecule has 1 heterocycles. The van der Waals surface area contributed by atoms with E-state index < -0.39 is 6.10 Å². The van der Waals surface area contributed by atoms with Crippen molar-refractivity contribution in [3.8, 4) is 5.75 Å². The molecule has 0 radical (unpaired) electrons. The fourth-order valence-electron chi connectivity index (χ4n) is 1.51. The van der Waals surface area contributed by atoms with Crippen molar-refractivity contribution in [2.24, 2.45) is 0 Å². The summed E-state index contributed by atoms with van der Waals surface area (Å²) < 4.78 is 11.7. The van der Waals surface area contributed by atoms with Crippen LogP contribution < -0.4 is 4.74 Å². The molecule has 0 bridgehead atoms. The molecule has 0 aliphatic rings. The van der Waals surface area contributed by atoms with Crippen LogP contribution in [0.15, 0.2) is 27.1 Å². The van der Waals surface area contributed by atoms with Gasteiger partial charge in [0.15, 0.2) is 6.61 Å². The average Bonchev–Trinajstić information content (AvgIpc) is 2.73. The van der Waals surface area contributed by atoms with Gasteiger partial charge in [-0.2, -0.15) is 0 Å². The smallest absolute Gasteiger partial charge is 0.253 e. The second-order valence-electron chi connectivity index (χ2n) is 3.86. The lowest BCUT2D eigenvalue weighted by molar-refractivity contribution is 0.187.